The predicted molar refractivity (Wildman–Crippen MR) is 64.3 cm³/mol. The number of carbonyl (C=O) groups excluding carboxylic acids is 1. The standard InChI is InChI=1S/C12H12N2O4/c15-6-9(12(17)18)14-11(16)8-3-1-2-7-4-5-13-10(7)8/h1-5,9,13,15H,6H2,(H,14,16)(H,17,18)/t9-/m1/s1. The molecule has 1 atom stereocenters. The number of carboxylic acids is 1. The highest BCUT2D eigenvalue weighted by atomic mass is 16.4. The lowest BCUT2D eigenvalue weighted by Gasteiger charge is -2.11. The Bertz CT molecular complexity index is 591. The Labute approximate surface area is 102 Å². The zero-order valence-electron chi connectivity index (χ0n) is 9.38. The van der Waals surface area contributed by atoms with Crippen molar-refractivity contribution in [3.63, 3.8) is 0 Å². The van der Waals surface area contributed by atoms with E-state index in [1.807, 2.05) is 12.1 Å². The van der Waals surface area contributed by atoms with Crippen molar-refractivity contribution >= 4 is 22.8 Å². The van der Waals surface area contributed by atoms with Crippen LogP contribution in [0, 0.1) is 0 Å². The number of nitrogens with one attached hydrogen (secondary N) is 2. The molecule has 1 aromatic carbocycles. The van der Waals surface area contributed by atoms with Crippen molar-refractivity contribution in [2.45, 2.75) is 6.04 Å². The Balaban J connectivity index is 2.28. The summed E-state index contributed by atoms with van der Waals surface area (Å²) in [6.45, 7) is -0.651. The van der Waals surface area contributed by atoms with E-state index in [9.17, 15) is 9.59 Å². The second-order valence-electron chi connectivity index (χ2n) is 3.79. The summed E-state index contributed by atoms with van der Waals surface area (Å²) in [5.41, 5.74) is 0.981. The van der Waals surface area contributed by atoms with Crippen LogP contribution < -0.4 is 5.32 Å². The normalized spacial score (nSPS) is 12.3. The lowest BCUT2D eigenvalue weighted by atomic mass is 10.1. The molecule has 94 valence electrons. The SMILES string of the molecule is O=C(N[C@H](CO)C(=O)O)c1cccc2cc[nH]c12. The van der Waals surface area contributed by atoms with Gasteiger partial charge in [-0.25, -0.2) is 4.79 Å². The second kappa shape index (κ2) is 4.89. The maximum absolute atomic E-state index is 11.9. The van der Waals surface area contributed by atoms with Crippen LogP contribution in [0.25, 0.3) is 10.9 Å². The highest BCUT2D eigenvalue weighted by Crippen LogP contribution is 2.16. The van der Waals surface area contributed by atoms with Crippen LogP contribution in [0.4, 0.5) is 0 Å². The molecule has 1 heterocycles. The van der Waals surface area contributed by atoms with Crippen LogP contribution in [0.2, 0.25) is 0 Å². The van der Waals surface area contributed by atoms with Gasteiger partial charge in [0.05, 0.1) is 17.7 Å². The summed E-state index contributed by atoms with van der Waals surface area (Å²) in [6, 6.07) is 5.64. The summed E-state index contributed by atoms with van der Waals surface area (Å²) in [4.78, 5) is 25.6. The fourth-order valence-corrected chi connectivity index (χ4v) is 1.70. The third kappa shape index (κ3) is 2.18. The molecule has 0 aliphatic rings. The number of aromatic nitrogens is 1. The van der Waals surface area contributed by atoms with Crippen LogP contribution in [0.5, 0.6) is 0 Å². The first-order valence-corrected chi connectivity index (χ1v) is 5.34. The molecular formula is C12H12N2O4. The Morgan fingerprint density at radius 1 is 1.33 bits per heavy atom. The summed E-state index contributed by atoms with van der Waals surface area (Å²) in [5.74, 6) is -1.81. The highest BCUT2D eigenvalue weighted by Gasteiger charge is 2.20. The van der Waals surface area contributed by atoms with Gasteiger partial charge in [0.15, 0.2) is 6.04 Å². The van der Waals surface area contributed by atoms with E-state index >= 15 is 0 Å². The minimum atomic E-state index is -1.30. The molecule has 0 unspecified atom stereocenters. The third-order valence-corrected chi connectivity index (χ3v) is 2.62. The number of carbonyl (C=O) groups is 2. The van der Waals surface area contributed by atoms with E-state index in [0.717, 1.165) is 5.39 Å². The van der Waals surface area contributed by atoms with Gasteiger partial charge in [-0.15, -0.1) is 0 Å². The van der Waals surface area contributed by atoms with Gasteiger partial charge in [-0.2, -0.15) is 0 Å². The zero-order valence-corrected chi connectivity index (χ0v) is 9.38. The molecule has 18 heavy (non-hydrogen) atoms. The molecule has 0 saturated heterocycles. The minimum absolute atomic E-state index is 0.345. The van der Waals surface area contributed by atoms with Gasteiger partial charge in [0.1, 0.15) is 0 Å². The van der Waals surface area contributed by atoms with E-state index in [1.165, 1.54) is 0 Å². The molecule has 6 nitrogen and oxygen atoms in total. The van der Waals surface area contributed by atoms with Crippen LogP contribution in [-0.2, 0) is 4.79 Å². The number of aliphatic carboxylic acids is 1. The smallest absolute Gasteiger partial charge is 0.328 e. The first-order valence-electron chi connectivity index (χ1n) is 5.34. The lowest BCUT2D eigenvalue weighted by molar-refractivity contribution is -0.140. The number of aromatic amines is 1. The van der Waals surface area contributed by atoms with Crippen LogP contribution >= 0.6 is 0 Å². The number of rotatable bonds is 4. The van der Waals surface area contributed by atoms with Gasteiger partial charge in [-0.1, -0.05) is 12.1 Å². The first-order chi connectivity index (χ1) is 8.63. The minimum Gasteiger partial charge on any atom is -0.480 e. The van der Waals surface area contributed by atoms with E-state index in [0.29, 0.717) is 11.1 Å². The maximum atomic E-state index is 11.9. The van der Waals surface area contributed by atoms with Gasteiger partial charge >= 0.3 is 5.97 Å². The largest absolute Gasteiger partial charge is 0.480 e. The van der Waals surface area contributed by atoms with E-state index < -0.39 is 24.5 Å². The van der Waals surface area contributed by atoms with Crippen molar-refractivity contribution in [2.24, 2.45) is 0 Å². The van der Waals surface area contributed by atoms with Crippen molar-refractivity contribution in [2.75, 3.05) is 6.61 Å². The van der Waals surface area contributed by atoms with Gasteiger partial charge in [0, 0.05) is 11.6 Å². The second-order valence-corrected chi connectivity index (χ2v) is 3.79. The van der Waals surface area contributed by atoms with Crippen molar-refractivity contribution in [1.29, 1.82) is 0 Å². The van der Waals surface area contributed by atoms with E-state index in [-0.39, 0.29) is 0 Å². The molecule has 6 heteroatoms. The van der Waals surface area contributed by atoms with E-state index in [1.54, 1.807) is 18.3 Å². The Kier molecular flexibility index (Phi) is 3.29. The molecule has 0 radical (unpaired) electrons. The van der Waals surface area contributed by atoms with Crippen LogP contribution in [-0.4, -0.2) is 39.7 Å². The number of aliphatic hydroxyl groups excluding tert-OH is 1. The molecule has 0 spiro atoms. The Hall–Kier alpha value is -2.34. The zero-order chi connectivity index (χ0) is 13.1. The monoisotopic (exact) mass is 248 g/mol. The number of carboxylic acid groups (broad SMARTS) is 1. The molecule has 0 saturated carbocycles. The fraction of sp³-hybridized carbons (Fsp3) is 0.167. The average molecular weight is 248 g/mol. The molecule has 0 fully saturated rings. The maximum Gasteiger partial charge on any atom is 0.328 e. The predicted octanol–water partition coefficient (Wildman–Crippen LogP) is 0.343. The molecule has 1 aromatic heterocycles. The number of benzene rings is 1. The topological polar surface area (TPSA) is 102 Å². The molecule has 1 amide bonds. The lowest BCUT2D eigenvalue weighted by Crippen LogP contribution is -2.43. The summed E-state index contributed by atoms with van der Waals surface area (Å²) in [6.07, 6.45) is 1.70. The first kappa shape index (κ1) is 12.1. The van der Waals surface area contributed by atoms with Crippen molar-refractivity contribution in [1.82, 2.24) is 10.3 Å². The van der Waals surface area contributed by atoms with E-state index in [2.05, 4.69) is 10.3 Å². The van der Waals surface area contributed by atoms with Gasteiger partial charge in [0.2, 0.25) is 0 Å². The number of hydrogen-bond acceptors (Lipinski definition) is 3. The van der Waals surface area contributed by atoms with Crippen LogP contribution in [0.15, 0.2) is 30.5 Å². The Morgan fingerprint density at radius 2 is 2.11 bits per heavy atom. The summed E-state index contributed by atoms with van der Waals surface area (Å²) in [5, 5.41) is 20.7. The summed E-state index contributed by atoms with van der Waals surface area (Å²) >= 11 is 0. The molecule has 2 rings (SSSR count). The fourth-order valence-electron chi connectivity index (χ4n) is 1.70. The Morgan fingerprint density at radius 3 is 2.78 bits per heavy atom. The molecule has 4 N–H and O–H groups in total. The number of hydrogen-bond donors (Lipinski definition) is 4. The van der Waals surface area contributed by atoms with Crippen LogP contribution in [0.3, 0.4) is 0 Å². The quantitative estimate of drug-likeness (QED) is 0.626. The number of amides is 1. The number of aliphatic hydroxyl groups is 1. The highest BCUT2D eigenvalue weighted by molar-refractivity contribution is 6.06. The molecule has 0 aliphatic heterocycles. The van der Waals surface area contributed by atoms with Gasteiger partial charge in [0.25, 0.3) is 5.91 Å². The van der Waals surface area contributed by atoms with E-state index in [4.69, 9.17) is 10.2 Å². The van der Waals surface area contributed by atoms with Gasteiger partial charge < -0.3 is 20.5 Å². The molecular weight excluding hydrogens is 236 g/mol. The molecule has 0 bridgehead atoms. The number of para-hydroxylation sites is 1. The van der Waals surface area contributed by atoms with Crippen LogP contribution in [0.1, 0.15) is 10.4 Å². The third-order valence-electron chi connectivity index (χ3n) is 2.62. The van der Waals surface area contributed by atoms with Crippen molar-refractivity contribution in [3.8, 4) is 0 Å². The molecule has 0 aliphatic carbocycles. The van der Waals surface area contributed by atoms with Crippen molar-refractivity contribution < 1.29 is 19.8 Å². The van der Waals surface area contributed by atoms with Gasteiger partial charge in [-0.05, 0) is 12.1 Å². The van der Waals surface area contributed by atoms with Crippen molar-refractivity contribution in [3.05, 3.63) is 36.0 Å². The average Bonchev–Trinajstić information content (AvgIpc) is 2.82. The van der Waals surface area contributed by atoms with Gasteiger partial charge in [-0.3, -0.25) is 4.79 Å². The summed E-state index contributed by atoms with van der Waals surface area (Å²) in [7, 11) is 0. The number of fused-ring (bicyclic) bond motifs is 1. The summed E-state index contributed by atoms with van der Waals surface area (Å²) < 4.78 is 0. The molecule has 2 aromatic rings. The number of H-pyrrole nitrogens is 1.